The second kappa shape index (κ2) is 3.58. The van der Waals surface area contributed by atoms with E-state index in [9.17, 15) is 0 Å². The van der Waals surface area contributed by atoms with Gasteiger partial charge >= 0.3 is 0 Å². The summed E-state index contributed by atoms with van der Waals surface area (Å²) in [6.07, 6.45) is 4.10. The fraction of sp³-hybridized carbons (Fsp3) is 1.00. The van der Waals surface area contributed by atoms with Crippen LogP contribution in [-0.2, 0) is 0 Å². The van der Waals surface area contributed by atoms with Crippen LogP contribution in [0.5, 0.6) is 0 Å². The maximum atomic E-state index is 3.66. The van der Waals surface area contributed by atoms with Crippen LogP contribution in [0.15, 0.2) is 0 Å². The average Bonchev–Trinajstić information content (AvgIpc) is 2.17. The molecule has 0 aliphatic carbocycles. The van der Waals surface area contributed by atoms with Gasteiger partial charge in [0.1, 0.15) is 0 Å². The van der Waals surface area contributed by atoms with Crippen LogP contribution in [0.2, 0.25) is 0 Å². The van der Waals surface area contributed by atoms with Gasteiger partial charge in [0, 0.05) is 30.7 Å². The molecular formula is C11H22N2. The van der Waals surface area contributed by atoms with Gasteiger partial charge < -0.3 is 5.32 Å². The zero-order valence-corrected chi connectivity index (χ0v) is 9.09. The van der Waals surface area contributed by atoms with Gasteiger partial charge in [0.2, 0.25) is 0 Å². The number of piperidine rings is 2. The van der Waals surface area contributed by atoms with Crippen molar-refractivity contribution in [2.75, 3.05) is 6.54 Å². The van der Waals surface area contributed by atoms with Crippen molar-refractivity contribution in [3.05, 3.63) is 0 Å². The summed E-state index contributed by atoms with van der Waals surface area (Å²) in [7, 11) is 0. The first-order chi connectivity index (χ1) is 6.24. The number of nitrogens with zero attached hydrogens (tertiary/aromatic N) is 1. The average molecular weight is 182 g/mol. The van der Waals surface area contributed by atoms with E-state index in [0.717, 1.165) is 24.2 Å². The molecule has 0 aromatic carbocycles. The molecule has 0 aromatic heterocycles. The van der Waals surface area contributed by atoms with Crippen molar-refractivity contribution < 1.29 is 0 Å². The van der Waals surface area contributed by atoms with Crippen LogP contribution in [0.25, 0.3) is 0 Å². The van der Waals surface area contributed by atoms with E-state index in [0.29, 0.717) is 0 Å². The van der Waals surface area contributed by atoms with Crippen molar-refractivity contribution in [2.24, 2.45) is 0 Å². The molecule has 0 aromatic rings. The molecular weight excluding hydrogens is 160 g/mol. The van der Waals surface area contributed by atoms with Crippen molar-refractivity contribution in [1.82, 2.24) is 10.2 Å². The van der Waals surface area contributed by atoms with Gasteiger partial charge in [-0.2, -0.15) is 0 Å². The summed E-state index contributed by atoms with van der Waals surface area (Å²) in [5, 5.41) is 3.66. The van der Waals surface area contributed by atoms with E-state index >= 15 is 0 Å². The third kappa shape index (κ3) is 1.50. The third-order valence-corrected chi connectivity index (χ3v) is 3.71. The van der Waals surface area contributed by atoms with Crippen molar-refractivity contribution in [3.63, 3.8) is 0 Å². The summed E-state index contributed by atoms with van der Waals surface area (Å²) in [6, 6.07) is 3.11. The van der Waals surface area contributed by atoms with Gasteiger partial charge in [0.25, 0.3) is 0 Å². The van der Waals surface area contributed by atoms with Gasteiger partial charge in [-0.1, -0.05) is 6.92 Å². The second-order valence-corrected chi connectivity index (χ2v) is 4.76. The van der Waals surface area contributed by atoms with E-state index in [4.69, 9.17) is 0 Å². The highest BCUT2D eigenvalue weighted by atomic mass is 15.3. The Morgan fingerprint density at radius 3 is 2.54 bits per heavy atom. The molecule has 3 rings (SSSR count). The minimum atomic E-state index is 0.722. The van der Waals surface area contributed by atoms with Gasteiger partial charge in [0.05, 0.1) is 0 Å². The Morgan fingerprint density at radius 2 is 2.15 bits per heavy atom. The summed E-state index contributed by atoms with van der Waals surface area (Å²) >= 11 is 0. The van der Waals surface area contributed by atoms with Gasteiger partial charge in [-0.15, -0.1) is 0 Å². The second-order valence-electron chi connectivity index (χ2n) is 4.76. The quantitative estimate of drug-likeness (QED) is 0.698. The molecule has 0 amide bonds. The molecule has 2 heteroatoms. The summed E-state index contributed by atoms with van der Waals surface area (Å²) in [5.41, 5.74) is 0. The highest BCUT2D eigenvalue weighted by Crippen LogP contribution is 2.30. The molecule has 76 valence electrons. The van der Waals surface area contributed by atoms with E-state index < -0.39 is 0 Å². The van der Waals surface area contributed by atoms with Crippen LogP contribution >= 0.6 is 0 Å². The van der Waals surface area contributed by atoms with Gasteiger partial charge in [-0.05, 0) is 33.1 Å². The molecule has 3 aliphatic heterocycles. The first kappa shape index (κ1) is 9.47. The zero-order chi connectivity index (χ0) is 9.42. The van der Waals surface area contributed by atoms with Crippen molar-refractivity contribution in [3.8, 4) is 0 Å². The molecule has 2 nitrogen and oxygen atoms in total. The topological polar surface area (TPSA) is 15.3 Å². The van der Waals surface area contributed by atoms with E-state index in [2.05, 4.69) is 31.0 Å². The fourth-order valence-electron chi connectivity index (χ4n) is 3.22. The van der Waals surface area contributed by atoms with E-state index in [1.54, 1.807) is 0 Å². The molecule has 3 atom stereocenters. The molecule has 3 heterocycles. The minimum absolute atomic E-state index is 0.722. The van der Waals surface area contributed by atoms with Crippen molar-refractivity contribution in [1.29, 1.82) is 0 Å². The molecule has 3 fully saturated rings. The molecule has 0 spiro atoms. The molecule has 3 saturated heterocycles. The Balaban J connectivity index is 2.14. The Kier molecular flexibility index (Phi) is 2.61. The summed E-state index contributed by atoms with van der Waals surface area (Å²) < 4.78 is 0. The molecule has 0 saturated carbocycles. The predicted molar refractivity (Wildman–Crippen MR) is 55.9 cm³/mol. The highest BCUT2D eigenvalue weighted by molar-refractivity contribution is 5.00. The van der Waals surface area contributed by atoms with Crippen LogP contribution in [0, 0.1) is 0 Å². The van der Waals surface area contributed by atoms with Gasteiger partial charge in [-0.3, -0.25) is 4.90 Å². The number of rotatable bonds is 2. The lowest BCUT2D eigenvalue weighted by Crippen LogP contribution is -2.67. The Labute approximate surface area is 81.7 Å². The predicted octanol–water partition coefficient (Wildman–Crippen LogP) is 1.61. The summed E-state index contributed by atoms with van der Waals surface area (Å²) in [6.45, 7) is 8.22. The highest BCUT2D eigenvalue weighted by Gasteiger charge is 2.41. The SMILES string of the molecule is CC[C@H]1[C@@H]2CC[C@@H](CN2)N1C(C)C. The van der Waals surface area contributed by atoms with Crippen LogP contribution in [0.4, 0.5) is 0 Å². The Bertz CT molecular complexity index is 171. The number of piperazine rings is 1. The van der Waals surface area contributed by atoms with E-state index in [1.807, 2.05) is 0 Å². The Morgan fingerprint density at radius 1 is 1.38 bits per heavy atom. The van der Waals surface area contributed by atoms with Gasteiger partial charge in [0.15, 0.2) is 0 Å². The first-order valence-electron chi connectivity index (χ1n) is 5.74. The van der Waals surface area contributed by atoms with Crippen LogP contribution in [0.3, 0.4) is 0 Å². The smallest absolute Gasteiger partial charge is 0.0252 e. The number of hydrogen-bond acceptors (Lipinski definition) is 2. The third-order valence-electron chi connectivity index (χ3n) is 3.71. The largest absolute Gasteiger partial charge is 0.311 e. The van der Waals surface area contributed by atoms with Crippen LogP contribution in [0.1, 0.15) is 40.0 Å². The van der Waals surface area contributed by atoms with Crippen LogP contribution < -0.4 is 5.32 Å². The van der Waals surface area contributed by atoms with Crippen LogP contribution in [-0.4, -0.2) is 35.6 Å². The fourth-order valence-corrected chi connectivity index (χ4v) is 3.22. The number of fused-ring (bicyclic) bond motifs is 3. The molecule has 0 radical (unpaired) electrons. The summed E-state index contributed by atoms with van der Waals surface area (Å²) in [4.78, 5) is 2.74. The zero-order valence-electron chi connectivity index (χ0n) is 9.09. The lowest BCUT2D eigenvalue weighted by atomic mass is 9.84. The normalized spacial score (nSPS) is 40.2. The number of hydrogen-bond donors (Lipinski definition) is 1. The molecule has 1 N–H and O–H groups in total. The molecule has 13 heavy (non-hydrogen) atoms. The number of nitrogens with one attached hydrogen (secondary N) is 1. The standard InChI is InChI=1S/C11H22N2/c1-4-11-10-6-5-9(7-12-10)13(11)8(2)3/h8-12H,4-7H2,1-3H3/t9-,10-,11-/m0/s1. The Hall–Kier alpha value is -0.0800. The molecule has 0 unspecified atom stereocenters. The maximum Gasteiger partial charge on any atom is 0.0252 e. The lowest BCUT2D eigenvalue weighted by Gasteiger charge is -2.53. The minimum Gasteiger partial charge on any atom is -0.311 e. The van der Waals surface area contributed by atoms with E-state index in [-0.39, 0.29) is 0 Å². The monoisotopic (exact) mass is 182 g/mol. The van der Waals surface area contributed by atoms with E-state index in [1.165, 1.54) is 25.8 Å². The summed E-state index contributed by atoms with van der Waals surface area (Å²) in [5.74, 6) is 0. The van der Waals surface area contributed by atoms with Crippen molar-refractivity contribution >= 4 is 0 Å². The van der Waals surface area contributed by atoms with Crippen molar-refractivity contribution in [2.45, 2.75) is 64.2 Å². The first-order valence-corrected chi connectivity index (χ1v) is 5.74. The van der Waals surface area contributed by atoms with Gasteiger partial charge in [-0.25, -0.2) is 0 Å². The lowest BCUT2D eigenvalue weighted by molar-refractivity contribution is -0.0104. The molecule has 2 bridgehead atoms. The molecule has 3 aliphatic rings. The maximum absolute atomic E-state index is 3.66.